The van der Waals surface area contributed by atoms with Gasteiger partial charge in [-0.1, -0.05) is 42.5 Å². The number of nitrogens with zero attached hydrogens (tertiary/aromatic N) is 3. The Labute approximate surface area is 200 Å². The number of ether oxygens (including phenoxy) is 1. The van der Waals surface area contributed by atoms with Crippen LogP contribution >= 0.6 is 0 Å². The van der Waals surface area contributed by atoms with Crippen molar-refractivity contribution in [3.05, 3.63) is 78.5 Å². The van der Waals surface area contributed by atoms with E-state index in [2.05, 4.69) is 32.2 Å². The Bertz CT molecular complexity index is 1090. The quantitative estimate of drug-likeness (QED) is 0.538. The first-order valence-electron chi connectivity index (χ1n) is 11.7. The van der Waals surface area contributed by atoms with E-state index in [9.17, 15) is 9.59 Å². The summed E-state index contributed by atoms with van der Waals surface area (Å²) in [7, 11) is 0. The van der Waals surface area contributed by atoms with Crippen molar-refractivity contribution < 1.29 is 14.3 Å². The standard InChI is InChI=1S/C27H30N4O3/c1-2-34-27(33)23-11-14-25(28-19-23)31-16-6-15-30(17-18-31)20-26(32)29-24-12-9-22(10-13-24)21-7-4-3-5-8-21/h3-5,7-14,19H,2,6,15-18,20H2,1H3,(H,29,32). The van der Waals surface area contributed by atoms with E-state index < -0.39 is 0 Å². The topological polar surface area (TPSA) is 74.8 Å². The summed E-state index contributed by atoms with van der Waals surface area (Å²) >= 11 is 0. The molecular formula is C27H30N4O3. The van der Waals surface area contributed by atoms with Crippen LogP contribution in [0.3, 0.4) is 0 Å². The number of amides is 1. The second-order valence-corrected chi connectivity index (χ2v) is 8.23. The molecule has 1 N–H and O–H groups in total. The lowest BCUT2D eigenvalue weighted by atomic mass is 10.1. The average Bonchev–Trinajstić information content (AvgIpc) is 3.11. The third-order valence-corrected chi connectivity index (χ3v) is 5.81. The Morgan fingerprint density at radius 1 is 0.912 bits per heavy atom. The van der Waals surface area contributed by atoms with E-state index >= 15 is 0 Å². The summed E-state index contributed by atoms with van der Waals surface area (Å²) in [6, 6.07) is 21.7. The van der Waals surface area contributed by atoms with Crippen LogP contribution in [0.4, 0.5) is 11.5 Å². The molecule has 1 amide bonds. The van der Waals surface area contributed by atoms with Crippen molar-refractivity contribution in [2.75, 3.05) is 49.5 Å². The van der Waals surface area contributed by atoms with Crippen LogP contribution in [0.5, 0.6) is 0 Å². The maximum Gasteiger partial charge on any atom is 0.339 e. The first-order valence-corrected chi connectivity index (χ1v) is 11.7. The maximum absolute atomic E-state index is 12.6. The Morgan fingerprint density at radius 2 is 1.68 bits per heavy atom. The number of aromatic nitrogens is 1. The van der Waals surface area contributed by atoms with Crippen molar-refractivity contribution >= 4 is 23.4 Å². The van der Waals surface area contributed by atoms with E-state index in [0.29, 0.717) is 18.7 Å². The van der Waals surface area contributed by atoms with Gasteiger partial charge in [0.1, 0.15) is 5.82 Å². The van der Waals surface area contributed by atoms with Gasteiger partial charge in [-0.3, -0.25) is 9.69 Å². The second-order valence-electron chi connectivity index (χ2n) is 8.23. The number of esters is 1. The molecule has 2 heterocycles. The van der Waals surface area contributed by atoms with Crippen LogP contribution in [0.15, 0.2) is 72.9 Å². The van der Waals surface area contributed by atoms with Gasteiger partial charge in [-0.15, -0.1) is 0 Å². The number of hydrogen-bond donors (Lipinski definition) is 1. The van der Waals surface area contributed by atoms with Crippen LogP contribution in [-0.4, -0.2) is 61.1 Å². The lowest BCUT2D eigenvalue weighted by Gasteiger charge is -2.22. The smallest absolute Gasteiger partial charge is 0.339 e. The SMILES string of the molecule is CCOC(=O)c1ccc(N2CCCN(CC(=O)Nc3ccc(-c4ccccc4)cc3)CC2)nc1. The maximum atomic E-state index is 12.6. The minimum Gasteiger partial charge on any atom is -0.462 e. The first-order chi connectivity index (χ1) is 16.6. The van der Waals surface area contributed by atoms with E-state index in [4.69, 9.17) is 4.74 Å². The summed E-state index contributed by atoms with van der Waals surface area (Å²) in [4.78, 5) is 33.3. The fraction of sp³-hybridized carbons (Fsp3) is 0.296. The van der Waals surface area contributed by atoms with Gasteiger partial charge < -0.3 is 15.0 Å². The number of hydrogen-bond acceptors (Lipinski definition) is 6. The Kier molecular flexibility index (Phi) is 7.88. The van der Waals surface area contributed by atoms with Crippen molar-refractivity contribution in [1.82, 2.24) is 9.88 Å². The summed E-state index contributed by atoms with van der Waals surface area (Å²) in [6.45, 7) is 5.71. The van der Waals surface area contributed by atoms with E-state index in [0.717, 1.165) is 55.2 Å². The molecule has 2 aromatic carbocycles. The molecule has 0 unspecified atom stereocenters. The minimum atomic E-state index is -0.357. The summed E-state index contributed by atoms with van der Waals surface area (Å²) in [6.07, 6.45) is 2.49. The summed E-state index contributed by atoms with van der Waals surface area (Å²) in [5.41, 5.74) is 3.53. The van der Waals surface area contributed by atoms with Gasteiger partial charge in [0.15, 0.2) is 0 Å². The van der Waals surface area contributed by atoms with Gasteiger partial charge in [-0.2, -0.15) is 0 Å². The molecule has 0 radical (unpaired) electrons. The monoisotopic (exact) mass is 458 g/mol. The molecule has 176 valence electrons. The highest BCUT2D eigenvalue weighted by Gasteiger charge is 2.18. The van der Waals surface area contributed by atoms with Gasteiger partial charge in [0, 0.05) is 38.1 Å². The molecule has 3 aromatic rings. The van der Waals surface area contributed by atoms with Gasteiger partial charge >= 0.3 is 5.97 Å². The molecule has 34 heavy (non-hydrogen) atoms. The van der Waals surface area contributed by atoms with Crippen LogP contribution in [0.1, 0.15) is 23.7 Å². The third kappa shape index (κ3) is 6.20. The highest BCUT2D eigenvalue weighted by atomic mass is 16.5. The lowest BCUT2D eigenvalue weighted by Crippen LogP contribution is -2.36. The highest BCUT2D eigenvalue weighted by molar-refractivity contribution is 5.92. The number of benzene rings is 2. The van der Waals surface area contributed by atoms with Crippen LogP contribution < -0.4 is 10.2 Å². The zero-order chi connectivity index (χ0) is 23.8. The van der Waals surface area contributed by atoms with Crippen LogP contribution in [0, 0.1) is 0 Å². The number of nitrogens with one attached hydrogen (secondary N) is 1. The van der Waals surface area contributed by atoms with Gasteiger partial charge in [0.05, 0.1) is 18.7 Å². The molecular weight excluding hydrogens is 428 g/mol. The van der Waals surface area contributed by atoms with Crippen LogP contribution in [-0.2, 0) is 9.53 Å². The number of anilines is 2. The number of pyridine rings is 1. The number of rotatable bonds is 7. The van der Waals surface area contributed by atoms with Crippen molar-refractivity contribution in [1.29, 1.82) is 0 Å². The molecule has 0 atom stereocenters. The van der Waals surface area contributed by atoms with Crippen molar-refractivity contribution in [2.24, 2.45) is 0 Å². The van der Waals surface area contributed by atoms with E-state index in [1.54, 1.807) is 19.2 Å². The fourth-order valence-electron chi connectivity index (χ4n) is 4.05. The van der Waals surface area contributed by atoms with Crippen LogP contribution in [0.2, 0.25) is 0 Å². The number of carbonyl (C=O) groups excluding carboxylic acids is 2. The highest BCUT2D eigenvalue weighted by Crippen LogP contribution is 2.21. The molecule has 0 saturated carbocycles. The molecule has 0 aliphatic carbocycles. The molecule has 1 saturated heterocycles. The summed E-state index contributed by atoms with van der Waals surface area (Å²) in [5, 5.41) is 3.01. The molecule has 1 aromatic heterocycles. The van der Waals surface area contributed by atoms with Gasteiger partial charge in [-0.25, -0.2) is 9.78 Å². The zero-order valence-electron chi connectivity index (χ0n) is 19.4. The summed E-state index contributed by atoms with van der Waals surface area (Å²) in [5.74, 6) is 0.458. The second kappa shape index (κ2) is 11.4. The molecule has 1 aliphatic rings. The normalized spacial score (nSPS) is 14.3. The molecule has 0 bridgehead atoms. The van der Waals surface area contributed by atoms with Gasteiger partial charge in [0.25, 0.3) is 0 Å². The van der Waals surface area contributed by atoms with Gasteiger partial charge in [-0.05, 0) is 48.7 Å². The molecule has 1 aliphatic heterocycles. The summed E-state index contributed by atoms with van der Waals surface area (Å²) < 4.78 is 5.02. The fourth-order valence-corrected chi connectivity index (χ4v) is 4.05. The van der Waals surface area contributed by atoms with Crippen molar-refractivity contribution in [3.8, 4) is 11.1 Å². The number of carbonyl (C=O) groups is 2. The molecule has 0 spiro atoms. The zero-order valence-corrected chi connectivity index (χ0v) is 19.4. The van der Waals surface area contributed by atoms with Gasteiger partial charge in [0.2, 0.25) is 5.91 Å². The average molecular weight is 459 g/mol. The Balaban J connectivity index is 1.27. The van der Waals surface area contributed by atoms with E-state index in [1.165, 1.54) is 0 Å². The molecule has 4 rings (SSSR count). The van der Waals surface area contributed by atoms with E-state index in [1.807, 2.05) is 48.5 Å². The van der Waals surface area contributed by atoms with Crippen LogP contribution in [0.25, 0.3) is 11.1 Å². The predicted octanol–water partition coefficient (Wildman–Crippen LogP) is 4.08. The Hall–Kier alpha value is -3.71. The van der Waals surface area contributed by atoms with E-state index in [-0.39, 0.29) is 11.9 Å². The molecule has 7 nitrogen and oxygen atoms in total. The minimum absolute atomic E-state index is 0.0159. The van der Waals surface area contributed by atoms with Crippen molar-refractivity contribution in [2.45, 2.75) is 13.3 Å². The predicted molar refractivity (Wildman–Crippen MR) is 134 cm³/mol. The largest absolute Gasteiger partial charge is 0.462 e. The third-order valence-electron chi connectivity index (χ3n) is 5.81. The van der Waals surface area contributed by atoms with Crippen molar-refractivity contribution in [3.63, 3.8) is 0 Å². The molecule has 7 heteroatoms. The first kappa shape index (κ1) is 23.4. The molecule has 1 fully saturated rings. The Morgan fingerprint density at radius 3 is 2.38 bits per heavy atom. The lowest BCUT2D eigenvalue weighted by molar-refractivity contribution is -0.117.